The second-order valence-corrected chi connectivity index (χ2v) is 5.15. The standard InChI is InChI=1S/C14H14O2Si/c1-2-17(15-13-9-5-3-6-10-13)16-14-11-7-4-8-12-14/h2-12,17H,1H2. The average molecular weight is 242 g/mol. The third-order valence-electron chi connectivity index (χ3n) is 2.18. The van der Waals surface area contributed by atoms with E-state index in [9.17, 15) is 0 Å². The first-order valence-corrected chi connectivity index (χ1v) is 7.05. The van der Waals surface area contributed by atoms with E-state index in [0.29, 0.717) is 0 Å². The molecule has 0 aliphatic rings. The van der Waals surface area contributed by atoms with Crippen molar-refractivity contribution in [2.75, 3.05) is 0 Å². The Morgan fingerprint density at radius 2 is 1.18 bits per heavy atom. The number of benzene rings is 2. The minimum atomic E-state index is -1.90. The first-order valence-electron chi connectivity index (χ1n) is 5.44. The van der Waals surface area contributed by atoms with Crippen LogP contribution in [0.1, 0.15) is 0 Å². The summed E-state index contributed by atoms with van der Waals surface area (Å²) >= 11 is 0. The van der Waals surface area contributed by atoms with Gasteiger partial charge in [-0.05, 0) is 30.0 Å². The van der Waals surface area contributed by atoms with Crippen molar-refractivity contribution in [3.8, 4) is 11.5 Å². The Morgan fingerprint density at radius 3 is 1.53 bits per heavy atom. The van der Waals surface area contributed by atoms with Gasteiger partial charge in [-0.1, -0.05) is 36.4 Å². The van der Waals surface area contributed by atoms with E-state index in [1.165, 1.54) is 0 Å². The van der Waals surface area contributed by atoms with Crippen LogP contribution in [0.4, 0.5) is 0 Å². The molecular formula is C14H14O2Si. The summed E-state index contributed by atoms with van der Waals surface area (Å²) in [4.78, 5) is 0. The van der Waals surface area contributed by atoms with Crippen molar-refractivity contribution in [3.05, 3.63) is 72.9 Å². The Bertz CT molecular complexity index is 415. The molecule has 0 saturated carbocycles. The van der Waals surface area contributed by atoms with E-state index in [2.05, 4.69) is 6.58 Å². The van der Waals surface area contributed by atoms with Gasteiger partial charge in [0.2, 0.25) is 0 Å². The smallest absolute Gasteiger partial charge is 0.471 e. The molecule has 0 aliphatic heterocycles. The topological polar surface area (TPSA) is 18.5 Å². The normalized spacial score (nSPS) is 9.94. The number of para-hydroxylation sites is 2. The van der Waals surface area contributed by atoms with Crippen LogP contribution in [0.25, 0.3) is 0 Å². The molecule has 0 heterocycles. The molecule has 0 N–H and O–H groups in total. The van der Waals surface area contributed by atoms with Gasteiger partial charge in [0.15, 0.2) is 0 Å². The molecule has 0 bridgehead atoms. The van der Waals surface area contributed by atoms with Crippen LogP contribution in [0.2, 0.25) is 0 Å². The molecule has 0 fully saturated rings. The van der Waals surface area contributed by atoms with Crippen LogP contribution in [0, 0.1) is 0 Å². The van der Waals surface area contributed by atoms with E-state index in [1.54, 1.807) is 5.70 Å². The molecule has 0 atom stereocenters. The summed E-state index contributed by atoms with van der Waals surface area (Å²) in [7, 11) is -1.90. The van der Waals surface area contributed by atoms with Gasteiger partial charge in [-0.3, -0.25) is 0 Å². The van der Waals surface area contributed by atoms with Gasteiger partial charge < -0.3 is 8.85 Å². The lowest BCUT2D eigenvalue weighted by molar-refractivity contribution is 0.438. The summed E-state index contributed by atoms with van der Waals surface area (Å²) in [6.45, 7) is 3.77. The van der Waals surface area contributed by atoms with Crippen molar-refractivity contribution in [3.63, 3.8) is 0 Å². The lowest BCUT2D eigenvalue weighted by Gasteiger charge is -2.15. The molecule has 2 aromatic rings. The summed E-state index contributed by atoms with van der Waals surface area (Å²) in [5.41, 5.74) is 1.76. The monoisotopic (exact) mass is 242 g/mol. The number of hydrogen-bond acceptors (Lipinski definition) is 2. The van der Waals surface area contributed by atoms with E-state index in [-0.39, 0.29) is 0 Å². The molecule has 2 nitrogen and oxygen atoms in total. The van der Waals surface area contributed by atoms with Gasteiger partial charge in [-0.15, -0.1) is 6.58 Å². The molecule has 17 heavy (non-hydrogen) atoms. The molecule has 0 amide bonds. The van der Waals surface area contributed by atoms with Crippen molar-refractivity contribution in [1.29, 1.82) is 0 Å². The average Bonchev–Trinajstić information content (AvgIpc) is 2.40. The van der Waals surface area contributed by atoms with E-state index >= 15 is 0 Å². The fraction of sp³-hybridized carbons (Fsp3) is 0. The van der Waals surface area contributed by atoms with Crippen LogP contribution in [-0.2, 0) is 0 Å². The Morgan fingerprint density at radius 1 is 0.765 bits per heavy atom. The van der Waals surface area contributed by atoms with E-state index < -0.39 is 9.28 Å². The highest BCUT2D eigenvalue weighted by molar-refractivity contribution is 6.52. The lowest BCUT2D eigenvalue weighted by Crippen LogP contribution is -2.27. The fourth-order valence-electron chi connectivity index (χ4n) is 1.39. The summed E-state index contributed by atoms with van der Waals surface area (Å²) in [6.07, 6.45) is 0. The number of rotatable bonds is 5. The summed E-state index contributed by atoms with van der Waals surface area (Å²) in [6, 6.07) is 19.3. The SMILES string of the molecule is C=C[SiH](Oc1ccccc1)Oc1ccccc1. The Kier molecular flexibility index (Phi) is 3.99. The van der Waals surface area contributed by atoms with Crippen molar-refractivity contribution in [2.24, 2.45) is 0 Å². The van der Waals surface area contributed by atoms with Crippen molar-refractivity contribution in [1.82, 2.24) is 0 Å². The molecular weight excluding hydrogens is 228 g/mol. The third kappa shape index (κ3) is 3.50. The second kappa shape index (κ2) is 5.91. The van der Waals surface area contributed by atoms with E-state index in [1.807, 2.05) is 60.7 Å². The first kappa shape index (κ1) is 11.5. The van der Waals surface area contributed by atoms with Crippen LogP contribution in [0.15, 0.2) is 72.9 Å². The van der Waals surface area contributed by atoms with Gasteiger partial charge in [0.05, 0.1) is 0 Å². The predicted octanol–water partition coefficient (Wildman–Crippen LogP) is 3.09. The zero-order valence-electron chi connectivity index (χ0n) is 9.45. The highest BCUT2D eigenvalue weighted by Crippen LogP contribution is 2.14. The maximum Gasteiger partial charge on any atom is 0.471 e. The zero-order chi connectivity index (χ0) is 11.9. The van der Waals surface area contributed by atoms with E-state index in [4.69, 9.17) is 8.85 Å². The van der Waals surface area contributed by atoms with Crippen LogP contribution < -0.4 is 8.85 Å². The predicted molar refractivity (Wildman–Crippen MR) is 71.5 cm³/mol. The molecule has 0 aromatic heterocycles. The first-order chi connectivity index (χ1) is 8.38. The minimum absolute atomic E-state index is 0.819. The minimum Gasteiger partial charge on any atom is -0.511 e. The molecule has 86 valence electrons. The molecule has 0 aliphatic carbocycles. The van der Waals surface area contributed by atoms with E-state index in [0.717, 1.165) is 11.5 Å². The van der Waals surface area contributed by atoms with Gasteiger partial charge in [0.1, 0.15) is 11.5 Å². The Labute approximate surface area is 103 Å². The van der Waals surface area contributed by atoms with Gasteiger partial charge in [-0.2, -0.15) is 0 Å². The van der Waals surface area contributed by atoms with Crippen LogP contribution in [-0.4, -0.2) is 9.28 Å². The molecule has 2 aromatic carbocycles. The Balaban J connectivity index is 2.01. The maximum atomic E-state index is 5.77. The molecule has 0 radical (unpaired) electrons. The molecule has 3 heteroatoms. The quantitative estimate of drug-likeness (QED) is 0.750. The lowest BCUT2D eigenvalue weighted by atomic mass is 10.3. The molecule has 0 spiro atoms. The van der Waals surface area contributed by atoms with Gasteiger partial charge >= 0.3 is 9.28 Å². The van der Waals surface area contributed by atoms with Gasteiger partial charge in [0, 0.05) is 0 Å². The summed E-state index contributed by atoms with van der Waals surface area (Å²) in [5.74, 6) is 1.64. The molecule has 2 rings (SSSR count). The Hall–Kier alpha value is -2.00. The van der Waals surface area contributed by atoms with Gasteiger partial charge in [-0.25, -0.2) is 0 Å². The highest BCUT2D eigenvalue weighted by Gasteiger charge is 2.11. The van der Waals surface area contributed by atoms with Crippen LogP contribution >= 0.6 is 0 Å². The third-order valence-corrected chi connectivity index (χ3v) is 3.58. The van der Waals surface area contributed by atoms with Crippen LogP contribution in [0.3, 0.4) is 0 Å². The maximum absolute atomic E-state index is 5.77. The number of hydrogen-bond donors (Lipinski definition) is 0. The molecule has 0 unspecified atom stereocenters. The fourth-order valence-corrected chi connectivity index (χ4v) is 2.48. The zero-order valence-corrected chi connectivity index (χ0v) is 10.6. The van der Waals surface area contributed by atoms with Crippen LogP contribution in [0.5, 0.6) is 11.5 Å². The van der Waals surface area contributed by atoms with Crippen molar-refractivity contribution >= 4 is 9.28 Å². The van der Waals surface area contributed by atoms with Crippen molar-refractivity contribution < 1.29 is 8.85 Å². The highest BCUT2D eigenvalue weighted by atomic mass is 28.3. The van der Waals surface area contributed by atoms with Crippen molar-refractivity contribution in [2.45, 2.75) is 0 Å². The largest absolute Gasteiger partial charge is 0.511 e. The molecule has 0 saturated heterocycles. The summed E-state index contributed by atoms with van der Waals surface area (Å²) < 4.78 is 11.5. The summed E-state index contributed by atoms with van der Waals surface area (Å²) in [5, 5.41) is 0. The second-order valence-electron chi connectivity index (χ2n) is 3.47. The van der Waals surface area contributed by atoms with Gasteiger partial charge in [0.25, 0.3) is 0 Å².